The molecular weight excluding hydrogens is 786 g/mol. The van der Waals surface area contributed by atoms with Gasteiger partial charge in [-0.25, -0.2) is 4.79 Å². The van der Waals surface area contributed by atoms with E-state index in [1.54, 1.807) is 13.8 Å². The molecule has 14 N–H and O–H groups in total. The zero-order valence-corrected chi connectivity index (χ0v) is 35.5. The highest BCUT2D eigenvalue weighted by Gasteiger charge is 2.44. The lowest BCUT2D eigenvalue weighted by molar-refractivity contribution is -0.148. The Morgan fingerprint density at radius 1 is 0.700 bits per heavy atom. The molecular formula is C38H67N11O11. The topological polar surface area (TPSA) is 354 Å². The highest BCUT2D eigenvalue weighted by Crippen LogP contribution is 2.26. The van der Waals surface area contributed by atoms with Crippen LogP contribution < -0.4 is 43.8 Å². The van der Waals surface area contributed by atoms with E-state index in [2.05, 4.69) is 31.6 Å². The smallest absolute Gasteiger partial charge is 0.326 e. The van der Waals surface area contributed by atoms with Crippen molar-refractivity contribution in [3.8, 4) is 0 Å². The first-order valence-electron chi connectivity index (χ1n) is 20.5. The monoisotopic (exact) mass is 854 g/mol. The number of hydrogen-bond acceptors (Lipinski definition) is 12. The minimum Gasteiger partial charge on any atom is -0.480 e. The van der Waals surface area contributed by atoms with Crippen LogP contribution in [0, 0.1) is 11.8 Å². The molecule has 2 rings (SSSR count). The molecule has 0 unspecified atom stereocenters. The molecule has 60 heavy (non-hydrogen) atoms. The van der Waals surface area contributed by atoms with Gasteiger partial charge in [-0.15, -0.1) is 0 Å². The minimum atomic E-state index is -1.48. The number of likely N-dealkylation sites (tertiary alicyclic amines) is 2. The molecule has 0 spiro atoms. The third kappa shape index (κ3) is 15.5. The summed E-state index contributed by atoms with van der Waals surface area (Å²) in [6.45, 7) is 9.59. The number of aliphatic hydroxyl groups is 2. The lowest BCUT2D eigenvalue weighted by Crippen LogP contribution is -2.60. The van der Waals surface area contributed by atoms with E-state index in [1.807, 2.05) is 13.8 Å². The number of carbonyl (C=O) groups excluding carboxylic acids is 7. The molecule has 0 radical (unpaired) electrons. The molecule has 2 fully saturated rings. The van der Waals surface area contributed by atoms with Crippen molar-refractivity contribution in [3.05, 3.63) is 0 Å². The number of nitrogens with one attached hydrogen (secondary N) is 5. The number of carboxylic acids is 1. The first-order valence-corrected chi connectivity index (χ1v) is 20.5. The lowest BCUT2D eigenvalue weighted by Gasteiger charge is -2.34. The van der Waals surface area contributed by atoms with Crippen LogP contribution in [0.3, 0.4) is 0 Å². The zero-order valence-electron chi connectivity index (χ0n) is 35.5. The maximum absolute atomic E-state index is 14.2. The summed E-state index contributed by atoms with van der Waals surface area (Å²) in [6, 6.07) is -9.54. The fraction of sp³-hybridized carbons (Fsp3) is 0.763. The molecule has 2 heterocycles. The number of rotatable bonds is 23. The van der Waals surface area contributed by atoms with Gasteiger partial charge >= 0.3 is 5.97 Å². The van der Waals surface area contributed by atoms with Gasteiger partial charge in [0.05, 0.1) is 12.7 Å². The lowest BCUT2D eigenvalue weighted by atomic mass is 10.0. The fourth-order valence-corrected chi connectivity index (χ4v) is 7.04. The second kappa shape index (κ2) is 24.2. The molecule has 7 amide bonds. The average Bonchev–Trinajstić information content (AvgIpc) is 3.87. The Balaban J connectivity index is 2.24. The van der Waals surface area contributed by atoms with Gasteiger partial charge in [-0.2, -0.15) is 0 Å². The van der Waals surface area contributed by atoms with Gasteiger partial charge in [-0.05, 0) is 77.0 Å². The maximum atomic E-state index is 14.2. The van der Waals surface area contributed by atoms with Crippen LogP contribution in [0.15, 0.2) is 4.99 Å². The number of hydrogen-bond donors (Lipinski definition) is 11. The van der Waals surface area contributed by atoms with Crippen LogP contribution in [0.1, 0.15) is 92.9 Å². The Hall–Kier alpha value is -5.09. The van der Waals surface area contributed by atoms with Crippen LogP contribution in [0.25, 0.3) is 0 Å². The largest absolute Gasteiger partial charge is 0.480 e. The Labute approximate surface area is 350 Å². The van der Waals surface area contributed by atoms with Gasteiger partial charge < -0.3 is 68.9 Å². The molecule has 2 aliphatic rings. The van der Waals surface area contributed by atoms with Crippen LogP contribution in [0.5, 0.6) is 0 Å². The Morgan fingerprint density at radius 2 is 1.23 bits per heavy atom. The molecule has 2 aliphatic heterocycles. The SMILES string of the molecule is CC(C)C[C@H](NC(=O)[C@H](C)NC(=O)[C@H](CCCN=C(N)N)NC(=O)[C@@H]1CCCN1C(=O)[C@@H]1CCCN1C(=O)[C@H](CC(C)C)NC(=O)[C@H](CO)NC(=O)[C@@H](N)[C@@H](C)O)C(=O)O. The minimum absolute atomic E-state index is 0.0365. The number of aliphatic hydroxyl groups excluding tert-OH is 2. The van der Waals surface area contributed by atoms with E-state index in [-0.39, 0.29) is 76.0 Å². The van der Waals surface area contributed by atoms with Crippen molar-refractivity contribution in [2.24, 2.45) is 34.0 Å². The van der Waals surface area contributed by atoms with Crippen LogP contribution in [-0.4, -0.2) is 159 Å². The molecule has 0 saturated carbocycles. The molecule has 340 valence electrons. The number of guanidine groups is 1. The van der Waals surface area contributed by atoms with Crippen LogP contribution in [-0.2, 0) is 38.4 Å². The van der Waals surface area contributed by atoms with E-state index in [4.69, 9.17) is 17.2 Å². The molecule has 22 heteroatoms. The van der Waals surface area contributed by atoms with Crippen molar-refractivity contribution in [2.75, 3.05) is 26.2 Å². The van der Waals surface area contributed by atoms with Gasteiger partial charge in [0.2, 0.25) is 41.4 Å². The van der Waals surface area contributed by atoms with Crippen LogP contribution in [0.4, 0.5) is 0 Å². The number of aliphatic imine (C=N–C) groups is 1. The predicted molar refractivity (Wildman–Crippen MR) is 218 cm³/mol. The molecule has 0 aliphatic carbocycles. The molecule has 0 bridgehead atoms. The van der Waals surface area contributed by atoms with E-state index in [9.17, 15) is 53.7 Å². The molecule has 0 aromatic heterocycles. The van der Waals surface area contributed by atoms with Crippen molar-refractivity contribution in [3.63, 3.8) is 0 Å². The van der Waals surface area contributed by atoms with Gasteiger partial charge in [-0.1, -0.05) is 27.7 Å². The first kappa shape index (κ1) is 51.1. The van der Waals surface area contributed by atoms with Crippen molar-refractivity contribution in [1.82, 2.24) is 36.4 Å². The number of carbonyl (C=O) groups is 8. The number of aliphatic carboxylic acids is 1. The summed E-state index contributed by atoms with van der Waals surface area (Å²) in [5.74, 6) is -6.47. The highest BCUT2D eigenvalue weighted by atomic mass is 16.4. The van der Waals surface area contributed by atoms with Gasteiger partial charge in [0.15, 0.2) is 5.96 Å². The highest BCUT2D eigenvalue weighted by molar-refractivity contribution is 5.98. The van der Waals surface area contributed by atoms with Gasteiger partial charge in [0.1, 0.15) is 48.3 Å². The number of amides is 7. The summed E-state index contributed by atoms with van der Waals surface area (Å²) >= 11 is 0. The van der Waals surface area contributed by atoms with E-state index >= 15 is 0 Å². The summed E-state index contributed by atoms with van der Waals surface area (Å²) in [5, 5.41) is 41.6. The van der Waals surface area contributed by atoms with Gasteiger partial charge in [-0.3, -0.25) is 38.6 Å². The third-order valence-electron chi connectivity index (χ3n) is 10.3. The Kier molecular flexibility index (Phi) is 20.6. The predicted octanol–water partition coefficient (Wildman–Crippen LogP) is -3.66. The molecule has 0 aromatic rings. The van der Waals surface area contributed by atoms with Crippen molar-refractivity contribution >= 4 is 53.3 Å². The van der Waals surface area contributed by atoms with E-state index < -0.39 is 108 Å². The Morgan fingerprint density at radius 3 is 1.78 bits per heavy atom. The molecule has 22 nitrogen and oxygen atoms in total. The summed E-state index contributed by atoms with van der Waals surface area (Å²) < 4.78 is 0. The van der Waals surface area contributed by atoms with Gasteiger partial charge in [0.25, 0.3) is 0 Å². The Bertz CT molecular complexity index is 1560. The van der Waals surface area contributed by atoms with E-state index in [0.29, 0.717) is 12.8 Å². The maximum Gasteiger partial charge on any atom is 0.326 e. The average molecular weight is 854 g/mol. The molecule has 0 aromatic carbocycles. The first-order chi connectivity index (χ1) is 28.1. The summed E-state index contributed by atoms with van der Waals surface area (Å²) in [7, 11) is 0. The number of carboxylic acid groups (broad SMARTS) is 1. The third-order valence-corrected chi connectivity index (χ3v) is 10.3. The van der Waals surface area contributed by atoms with Crippen molar-refractivity contribution < 1.29 is 53.7 Å². The summed E-state index contributed by atoms with van der Waals surface area (Å²) in [6.07, 6.45) is 0.800. The summed E-state index contributed by atoms with van der Waals surface area (Å²) in [4.78, 5) is 113. The normalized spacial score (nSPS) is 19.9. The zero-order chi connectivity index (χ0) is 45.4. The second-order valence-electron chi connectivity index (χ2n) is 16.3. The molecule has 2 saturated heterocycles. The fourth-order valence-electron chi connectivity index (χ4n) is 7.04. The van der Waals surface area contributed by atoms with E-state index in [1.165, 1.54) is 23.6 Å². The van der Waals surface area contributed by atoms with Crippen LogP contribution >= 0.6 is 0 Å². The van der Waals surface area contributed by atoms with Crippen molar-refractivity contribution in [1.29, 1.82) is 0 Å². The number of nitrogens with two attached hydrogens (primary N) is 3. The quantitative estimate of drug-likeness (QED) is 0.0268. The summed E-state index contributed by atoms with van der Waals surface area (Å²) in [5.41, 5.74) is 16.5. The standard InChI is InChI=1S/C38H67N11O11/c1-19(2)16-24(45-32(54)26(18-50)47-34(56)29(39)22(6)51)35(57)49-15-9-12-28(49)36(58)48-14-8-11-27(48)33(55)44-23(10-7-13-42-38(40)41)31(53)43-21(5)30(52)46-25(37(59)60)17-20(3)4/h19-29,50-51H,7-18,39H2,1-6H3,(H,43,53)(H,44,55)(H,45,54)(H,46,52)(H,47,56)(H,59,60)(H4,40,41,42)/t21-,22+,23-,24-,25-,26-,27-,28-,29-/m0/s1. The second-order valence-corrected chi connectivity index (χ2v) is 16.3. The van der Waals surface area contributed by atoms with E-state index in [0.717, 1.165) is 0 Å². The molecule has 9 atom stereocenters. The number of nitrogens with zero attached hydrogens (tertiary/aromatic N) is 3. The van der Waals surface area contributed by atoms with Crippen LogP contribution in [0.2, 0.25) is 0 Å². The van der Waals surface area contributed by atoms with Crippen molar-refractivity contribution in [2.45, 2.75) is 147 Å². The van der Waals surface area contributed by atoms with Gasteiger partial charge in [0, 0.05) is 19.6 Å².